The topological polar surface area (TPSA) is 85.8 Å². The lowest BCUT2D eigenvalue weighted by Gasteiger charge is -2.56. The zero-order valence-electron chi connectivity index (χ0n) is 16.5. The normalized spacial score (nSPS) is 30.5. The van der Waals surface area contributed by atoms with Crippen LogP contribution in [0.5, 0.6) is 0 Å². The molecule has 2 N–H and O–H groups in total. The number of aromatic nitrogens is 1. The van der Waals surface area contributed by atoms with E-state index in [2.05, 4.69) is 20.1 Å². The molecule has 3 aliphatic rings. The molecule has 0 radical (unpaired) electrons. The molecule has 7 heteroatoms. The third kappa shape index (κ3) is 4.05. The zero-order valence-corrected chi connectivity index (χ0v) is 16.5. The van der Waals surface area contributed by atoms with Crippen LogP contribution in [0, 0.1) is 18.8 Å². The summed E-state index contributed by atoms with van der Waals surface area (Å²) < 4.78 is 0. The molecule has 0 saturated carbocycles. The van der Waals surface area contributed by atoms with Crippen molar-refractivity contribution in [1.82, 2.24) is 20.1 Å². The van der Waals surface area contributed by atoms with Crippen LogP contribution in [-0.2, 0) is 4.79 Å². The van der Waals surface area contributed by atoms with Gasteiger partial charge in [-0.1, -0.05) is 6.42 Å². The zero-order chi connectivity index (χ0) is 19.7. The molecule has 2 bridgehead atoms. The number of carbonyl (C=O) groups is 2. The molecular weight excluding hydrogens is 356 g/mol. The highest BCUT2D eigenvalue weighted by atomic mass is 16.4. The molecule has 4 rings (SSSR count). The number of rotatable bonds is 5. The summed E-state index contributed by atoms with van der Waals surface area (Å²) in [5.74, 6) is 0.120. The first-order valence-electron chi connectivity index (χ1n) is 10.4. The van der Waals surface area contributed by atoms with Crippen LogP contribution in [0.1, 0.15) is 41.7 Å². The van der Waals surface area contributed by atoms with Crippen LogP contribution in [-0.4, -0.2) is 76.6 Å². The minimum atomic E-state index is -0.753. The van der Waals surface area contributed by atoms with Crippen molar-refractivity contribution in [1.29, 1.82) is 0 Å². The van der Waals surface area contributed by atoms with Gasteiger partial charge in [-0.3, -0.25) is 24.4 Å². The Hall–Kier alpha value is -1.99. The van der Waals surface area contributed by atoms with Gasteiger partial charge in [-0.2, -0.15) is 0 Å². The number of hydrogen-bond acceptors (Lipinski definition) is 5. The van der Waals surface area contributed by atoms with Crippen molar-refractivity contribution in [2.45, 2.75) is 44.7 Å². The third-order valence-electron chi connectivity index (χ3n) is 6.70. The van der Waals surface area contributed by atoms with E-state index in [9.17, 15) is 14.7 Å². The number of carboxylic acids is 1. The molecule has 0 aliphatic carbocycles. The summed E-state index contributed by atoms with van der Waals surface area (Å²) in [6, 6.07) is 4.46. The summed E-state index contributed by atoms with van der Waals surface area (Å²) in [5, 5.41) is 12.4. The van der Waals surface area contributed by atoms with Gasteiger partial charge in [-0.25, -0.2) is 0 Å². The van der Waals surface area contributed by atoms with E-state index < -0.39 is 5.97 Å². The summed E-state index contributed by atoms with van der Waals surface area (Å²) in [6.07, 6.45) is 6.41. The molecule has 28 heavy (non-hydrogen) atoms. The molecule has 4 atom stereocenters. The molecule has 152 valence electrons. The quantitative estimate of drug-likeness (QED) is 0.795. The first kappa shape index (κ1) is 19.3. The minimum Gasteiger partial charge on any atom is -0.480 e. The second kappa shape index (κ2) is 8.17. The number of fused-ring (bicyclic) bond motifs is 4. The smallest absolute Gasteiger partial charge is 0.317 e. The number of pyridine rings is 1. The first-order valence-corrected chi connectivity index (χ1v) is 10.4. The summed E-state index contributed by atoms with van der Waals surface area (Å²) in [7, 11) is 0. The summed E-state index contributed by atoms with van der Waals surface area (Å²) in [6.45, 7) is 5.41. The Kier molecular flexibility index (Phi) is 5.64. The number of aliphatic carboxylic acids is 1. The molecular formula is C21H30N4O3. The van der Waals surface area contributed by atoms with Crippen molar-refractivity contribution in [3.05, 3.63) is 29.6 Å². The summed E-state index contributed by atoms with van der Waals surface area (Å²) >= 11 is 0. The second-order valence-corrected chi connectivity index (χ2v) is 8.61. The molecule has 1 aromatic rings. The van der Waals surface area contributed by atoms with Gasteiger partial charge in [0.05, 0.1) is 12.1 Å². The Balaban J connectivity index is 1.46. The van der Waals surface area contributed by atoms with E-state index in [4.69, 9.17) is 0 Å². The number of aryl methyl sites for hydroxylation is 1. The highest BCUT2D eigenvalue weighted by molar-refractivity contribution is 5.93. The average molecular weight is 386 g/mol. The molecule has 3 saturated heterocycles. The van der Waals surface area contributed by atoms with E-state index in [0.717, 1.165) is 31.7 Å². The second-order valence-electron chi connectivity index (χ2n) is 8.61. The van der Waals surface area contributed by atoms with Crippen molar-refractivity contribution in [3.63, 3.8) is 0 Å². The van der Waals surface area contributed by atoms with Gasteiger partial charge in [0.1, 0.15) is 0 Å². The molecule has 0 unspecified atom stereocenters. The van der Waals surface area contributed by atoms with Gasteiger partial charge in [0, 0.05) is 43.6 Å². The number of nitrogens with one attached hydrogen (secondary N) is 1. The van der Waals surface area contributed by atoms with Gasteiger partial charge in [0.2, 0.25) is 0 Å². The van der Waals surface area contributed by atoms with Crippen molar-refractivity contribution in [2.24, 2.45) is 11.8 Å². The fraction of sp³-hybridized carbons (Fsp3) is 0.667. The lowest BCUT2D eigenvalue weighted by atomic mass is 9.72. The summed E-state index contributed by atoms with van der Waals surface area (Å²) in [4.78, 5) is 32.8. The summed E-state index contributed by atoms with van der Waals surface area (Å²) in [5.41, 5.74) is 1.48. The minimum absolute atomic E-state index is 0.0821. The van der Waals surface area contributed by atoms with Gasteiger partial charge in [0.25, 0.3) is 5.91 Å². The first-order chi connectivity index (χ1) is 13.5. The highest BCUT2D eigenvalue weighted by Gasteiger charge is 2.47. The van der Waals surface area contributed by atoms with Crippen LogP contribution in [0.15, 0.2) is 18.3 Å². The van der Waals surface area contributed by atoms with Crippen LogP contribution < -0.4 is 5.32 Å². The molecule has 0 spiro atoms. The van der Waals surface area contributed by atoms with E-state index in [1.54, 1.807) is 6.20 Å². The molecule has 3 aliphatic heterocycles. The monoisotopic (exact) mass is 386 g/mol. The molecule has 0 aromatic carbocycles. The maximum Gasteiger partial charge on any atom is 0.317 e. The fourth-order valence-corrected chi connectivity index (χ4v) is 5.51. The van der Waals surface area contributed by atoms with Gasteiger partial charge >= 0.3 is 5.97 Å². The number of piperidine rings is 3. The van der Waals surface area contributed by atoms with Gasteiger partial charge < -0.3 is 10.4 Å². The number of amides is 1. The Labute approximate surface area is 166 Å². The van der Waals surface area contributed by atoms with E-state index >= 15 is 0 Å². The Morgan fingerprint density at radius 2 is 2.07 bits per heavy atom. The molecule has 3 fully saturated rings. The van der Waals surface area contributed by atoms with E-state index in [-0.39, 0.29) is 18.5 Å². The largest absolute Gasteiger partial charge is 0.480 e. The van der Waals surface area contributed by atoms with Crippen molar-refractivity contribution in [3.8, 4) is 0 Å². The van der Waals surface area contributed by atoms with Crippen LogP contribution in [0.3, 0.4) is 0 Å². The fourth-order valence-electron chi connectivity index (χ4n) is 5.51. The maximum absolute atomic E-state index is 12.6. The number of hydrogen-bond donors (Lipinski definition) is 2. The number of likely N-dealkylation sites (tertiary alicyclic amines) is 1. The highest BCUT2D eigenvalue weighted by Crippen LogP contribution is 2.40. The Bertz CT molecular complexity index is 723. The predicted molar refractivity (Wildman–Crippen MR) is 105 cm³/mol. The van der Waals surface area contributed by atoms with Crippen molar-refractivity contribution >= 4 is 11.9 Å². The number of carbonyl (C=O) groups excluding carboxylic acids is 1. The molecule has 1 amide bonds. The molecule has 1 aromatic heterocycles. The van der Waals surface area contributed by atoms with Crippen LogP contribution >= 0.6 is 0 Å². The van der Waals surface area contributed by atoms with E-state index in [1.807, 2.05) is 19.1 Å². The molecule has 4 heterocycles. The van der Waals surface area contributed by atoms with E-state index in [0.29, 0.717) is 30.0 Å². The lowest BCUT2D eigenvalue weighted by Crippen LogP contribution is -2.66. The van der Waals surface area contributed by atoms with Gasteiger partial charge in [0.15, 0.2) is 0 Å². The Morgan fingerprint density at radius 3 is 2.82 bits per heavy atom. The molecule has 7 nitrogen and oxygen atoms in total. The number of nitrogens with zero attached hydrogens (tertiary/aromatic N) is 3. The lowest BCUT2D eigenvalue weighted by molar-refractivity contribution is -0.141. The van der Waals surface area contributed by atoms with Crippen LogP contribution in [0.4, 0.5) is 0 Å². The van der Waals surface area contributed by atoms with Crippen molar-refractivity contribution < 1.29 is 14.7 Å². The van der Waals surface area contributed by atoms with Gasteiger partial charge in [-0.05, 0) is 56.7 Å². The third-order valence-corrected chi connectivity index (χ3v) is 6.70. The standard InChI is InChI=1S/C21H30N4O3/c1-14-5-6-15(9-22-14)21(28)23-10-19-17-8-16(11-24(12-17)13-20(26)27)18-4-2-3-7-25(18)19/h5-6,9,16-19H,2-4,7-8,10-13H2,1H3,(H,23,28)(H,26,27)/t16-,17-,18-,19-/m0/s1. The van der Waals surface area contributed by atoms with E-state index in [1.165, 1.54) is 19.3 Å². The maximum atomic E-state index is 12.6. The SMILES string of the molecule is Cc1ccc(C(=O)NC[C@H]2[C@H]3C[C@@H](CN(CC(=O)O)C3)[C@@H]3CCCCN32)cn1. The Morgan fingerprint density at radius 1 is 1.25 bits per heavy atom. The number of carboxylic acid groups (broad SMARTS) is 1. The van der Waals surface area contributed by atoms with Crippen LogP contribution in [0.2, 0.25) is 0 Å². The average Bonchev–Trinajstić information content (AvgIpc) is 2.67. The van der Waals surface area contributed by atoms with Crippen molar-refractivity contribution in [2.75, 3.05) is 32.7 Å². The predicted octanol–water partition coefficient (Wildman–Crippen LogP) is 1.38. The van der Waals surface area contributed by atoms with Gasteiger partial charge in [-0.15, -0.1) is 0 Å². The van der Waals surface area contributed by atoms with Crippen LogP contribution in [0.25, 0.3) is 0 Å².